The number of allylic oxidation sites excluding steroid dienone is 22. The van der Waals surface area contributed by atoms with Crippen LogP contribution in [0.2, 0.25) is 0 Å². The van der Waals surface area contributed by atoms with Crippen LogP contribution in [0.5, 0.6) is 0 Å². The van der Waals surface area contributed by atoms with Crippen molar-refractivity contribution >= 4 is 39.5 Å². The van der Waals surface area contributed by atoms with Crippen LogP contribution < -0.4 is 0 Å². The summed E-state index contributed by atoms with van der Waals surface area (Å²) < 4.78 is 68.9. The van der Waals surface area contributed by atoms with E-state index in [1.807, 2.05) is 0 Å². The lowest BCUT2D eigenvalue weighted by atomic mass is 10.0. The second-order valence-electron chi connectivity index (χ2n) is 29.5. The Hall–Kier alpha value is -4.80. The van der Waals surface area contributed by atoms with Crippen LogP contribution in [-0.2, 0) is 65.4 Å². The number of carbonyl (C=O) groups is 4. The standard InChI is InChI=1S/C93H160O17P2/c1-5-9-13-17-21-25-29-33-37-40-43-46-50-53-57-61-65-69-73-77-90(95)103-83-88(109-92(97)79-75-71-67-63-59-55-49-36-32-28-24-20-16-12-8-4)85-107-111(99,100)105-81-87(94)82-106-112(101,102)108-86-89(110-93(98)80-76-72-68-64-60-56-52-48-45-42-39-35-31-27-23-19-15-11-7-3)84-104-91(96)78-74-70-66-62-58-54-51-47-44-41-38-34-30-26-22-18-14-10-6-2/h9,13,21-23,25-27,33-35,37-39,43-48,53,57,87-89,94H,5-8,10-12,14-20,24,28-32,36,40-42,49-52,54-56,58-86H2,1-4H3,(H,99,100)(H,101,102)/b13-9-,25-21-,26-22-,27-23-,37-33-,38-34-,39-35-,46-43-,47-44-,48-45-,57-53-. The van der Waals surface area contributed by atoms with E-state index in [1.54, 1.807) is 0 Å². The van der Waals surface area contributed by atoms with Crippen molar-refractivity contribution in [2.24, 2.45) is 0 Å². The quantitative estimate of drug-likeness (QED) is 0.0169. The number of aliphatic hydroxyl groups is 1. The lowest BCUT2D eigenvalue weighted by Gasteiger charge is -2.21. The van der Waals surface area contributed by atoms with E-state index in [1.165, 1.54) is 103 Å². The van der Waals surface area contributed by atoms with E-state index in [0.29, 0.717) is 25.7 Å². The number of rotatable bonds is 83. The number of carbonyl (C=O) groups excluding carboxylic acids is 4. The molecule has 5 atom stereocenters. The maximum absolute atomic E-state index is 13.2. The molecule has 3 N–H and O–H groups in total. The van der Waals surface area contributed by atoms with E-state index >= 15 is 0 Å². The van der Waals surface area contributed by atoms with Crippen LogP contribution in [-0.4, -0.2) is 96.7 Å². The average Bonchev–Trinajstić information content (AvgIpc) is 0.898. The third kappa shape index (κ3) is 83.2. The molecule has 5 unspecified atom stereocenters. The van der Waals surface area contributed by atoms with Gasteiger partial charge in [-0.1, -0.05) is 335 Å². The van der Waals surface area contributed by atoms with Gasteiger partial charge in [-0.15, -0.1) is 0 Å². The predicted molar refractivity (Wildman–Crippen MR) is 464 cm³/mol. The fourth-order valence-electron chi connectivity index (χ4n) is 11.9. The lowest BCUT2D eigenvalue weighted by Crippen LogP contribution is -2.30. The number of ether oxygens (including phenoxy) is 4. The first kappa shape index (κ1) is 107. The van der Waals surface area contributed by atoms with Crippen LogP contribution in [0, 0.1) is 0 Å². The summed E-state index contributed by atoms with van der Waals surface area (Å²) in [6, 6.07) is 0. The van der Waals surface area contributed by atoms with Gasteiger partial charge in [0.25, 0.3) is 0 Å². The highest BCUT2D eigenvalue weighted by Gasteiger charge is 2.30. The molecule has 0 aromatic carbocycles. The van der Waals surface area contributed by atoms with Gasteiger partial charge in [-0.25, -0.2) is 9.13 Å². The topological polar surface area (TPSA) is 237 Å². The van der Waals surface area contributed by atoms with E-state index in [9.17, 15) is 43.2 Å². The van der Waals surface area contributed by atoms with Gasteiger partial charge in [0.1, 0.15) is 19.3 Å². The molecular weight excluding hydrogens is 1450 g/mol. The summed E-state index contributed by atoms with van der Waals surface area (Å²) in [4.78, 5) is 73.4. The summed E-state index contributed by atoms with van der Waals surface area (Å²) in [5.41, 5.74) is 0. The van der Waals surface area contributed by atoms with E-state index in [2.05, 4.69) is 161 Å². The third-order valence-electron chi connectivity index (χ3n) is 18.6. The molecule has 0 aromatic rings. The summed E-state index contributed by atoms with van der Waals surface area (Å²) in [5.74, 6) is -2.22. The van der Waals surface area contributed by atoms with E-state index < -0.39 is 97.5 Å². The normalized spacial score (nSPS) is 14.4. The molecule has 0 spiro atoms. The zero-order valence-electron chi connectivity index (χ0n) is 70.8. The van der Waals surface area contributed by atoms with Gasteiger partial charge in [0.05, 0.1) is 26.4 Å². The lowest BCUT2D eigenvalue weighted by molar-refractivity contribution is -0.161. The number of phosphoric acid groups is 2. The smallest absolute Gasteiger partial charge is 0.462 e. The van der Waals surface area contributed by atoms with Gasteiger partial charge in [-0.3, -0.25) is 37.3 Å². The van der Waals surface area contributed by atoms with Crippen molar-refractivity contribution in [2.45, 2.75) is 393 Å². The molecule has 0 fully saturated rings. The molecule has 0 aliphatic rings. The Morgan fingerprint density at radius 1 is 0.259 bits per heavy atom. The van der Waals surface area contributed by atoms with Crippen molar-refractivity contribution < 1.29 is 80.2 Å². The predicted octanol–water partition coefficient (Wildman–Crippen LogP) is 26.8. The molecule has 0 rings (SSSR count). The van der Waals surface area contributed by atoms with Crippen LogP contribution in [0.1, 0.15) is 374 Å². The molecule has 644 valence electrons. The Morgan fingerprint density at radius 3 is 0.741 bits per heavy atom. The first-order valence-corrected chi connectivity index (χ1v) is 47.4. The summed E-state index contributed by atoms with van der Waals surface area (Å²) >= 11 is 0. The fourth-order valence-corrected chi connectivity index (χ4v) is 13.4. The van der Waals surface area contributed by atoms with Crippen molar-refractivity contribution in [3.8, 4) is 0 Å². The van der Waals surface area contributed by atoms with Crippen LogP contribution in [0.4, 0.5) is 0 Å². The molecule has 0 heterocycles. The van der Waals surface area contributed by atoms with Gasteiger partial charge in [0.2, 0.25) is 0 Å². The first-order chi connectivity index (χ1) is 54.7. The van der Waals surface area contributed by atoms with Crippen molar-refractivity contribution in [3.05, 3.63) is 134 Å². The Bertz CT molecular complexity index is 2640. The minimum atomic E-state index is -5.00. The molecule has 0 radical (unpaired) electrons. The Kier molecular flexibility index (Phi) is 80.5. The number of phosphoric ester groups is 2. The van der Waals surface area contributed by atoms with E-state index in [4.69, 9.17) is 37.0 Å². The Balaban J connectivity index is 5.43. The van der Waals surface area contributed by atoms with Gasteiger partial charge in [0.15, 0.2) is 12.2 Å². The van der Waals surface area contributed by atoms with Gasteiger partial charge >= 0.3 is 39.5 Å². The molecule has 0 amide bonds. The highest BCUT2D eigenvalue weighted by molar-refractivity contribution is 7.47. The Morgan fingerprint density at radius 2 is 0.464 bits per heavy atom. The van der Waals surface area contributed by atoms with Gasteiger partial charge < -0.3 is 33.8 Å². The summed E-state index contributed by atoms with van der Waals surface area (Å²) in [7, 11) is -9.99. The van der Waals surface area contributed by atoms with Crippen LogP contribution in [0.3, 0.4) is 0 Å². The van der Waals surface area contributed by atoms with Crippen molar-refractivity contribution in [3.63, 3.8) is 0 Å². The van der Waals surface area contributed by atoms with Crippen molar-refractivity contribution in [1.29, 1.82) is 0 Å². The molecule has 0 aliphatic heterocycles. The van der Waals surface area contributed by atoms with Crippen LogP contribution >= 0.6 is 15.6 Å². The van der Waals surface area contributed by atoms with Crippen molar-refractivity contribution in [1.82, 2.24) is 0 Å². The molecule has 0 bridgehead atoms. The number of aliphatic hydroxyl groups excluding tert-OH is 1. The highest BCUT2D eigenvalue weighted by atomic mass is 31.2. The maximum Gasteiger partial charge on any atom is 0.472 e. The first-order valence-electron chi connectivity index (χ1n) is 44.4. The van der Waals surface area contributed by atoms with Gasteiger partial charge in [-0.05, 0) is 148 Å². The summed E-state index contributed by atoms with van der Waals surface area (Å²) in [6.07, 6.45) is 96.8. The second kappa shape index (κ2) is 84.1. The highest BCUT2D eigenvalue weighted by Crippen LogP contribution is 2.45. The number of unbranched alkanes of at least 4 members (excludes halogenated alkanes) is 35. The van der Waals surface area contributed by atoms with Crippen LogP contribution in [0.15, 0.2) is 134 Å². The van der Waals surface area contributed by atoms with Gasteiger partial charge in [0, 0.05) is 25.7 Å². The maximum atomic E-state index is 13.2. The zero-order valence-corrected chi connectivity index (χ0v) is 72.6. The monoisotopic (exact) mass is 1610 g/mol. The molecule has 0 aliphatic carbocycles. The third-order valence-corrected chi connectivity index (χ3v) is 20.5. The minimum absolute atomic E-state index is 0.0748. The van der Waals surface area contributed by atoms with Crippen LogP contribution in [0.25, 0.3) is 0 Å². The number of hydrogen-bond donors (Lipinski definition) is 3. The van der Waals surface area contributed by atoms with E-state index in [-0.39, 0.29) is 25.7 Å². The van der Waals surface area contributed by atoms with E-state index in [0.717, 1.165) is 193 Å². The number of hydrogen-bond acceptors (Lipinski definition) is 15. The summed E-state index contributed by atoms with van der Waals surface area (Å²) in [5, 5.41) is 10.7. The zero-order chi connectivity index (χ0) is 81.7. The molecule has 19 heteroatoms. The second-order valence-corrected chi connectivity index (χ2v) is 32.4. The molecule has 112 heavy (non-hydrogen) atoms. The van der Waals surface area contributed by atoms with Gasteiger partial charge in [-0.2, -0.15) is 0 Å². The average molecular weight is 1610 g/mol. The summed E-state index contributed by atoms with van der Waals surface area (Å²) in [6.45, 7) is 4.71. The number of esters is 4. The molecule has 17 nitrogen and oxygen atoms in total. The minimum Gasteiger partial charge on any atom is -0.462 e. The van der Waals surface area contributed by atoms with Crippen molar-refractivity contribution in [2.75, 3.05) is 39.6 Å². The Labute approximate surface area is 682 Å². The molecule has 0 saturated heterocycles. The fraction of sp³-hybridized carbons (Fsp3) is 0.720. The molecule has 0 saturated carbocycles. The molecule has 0 aromatic heterocycles. The SMILES string of the molecule is CC/C=C\C/C=C\C/C=C\C/C=C\C/C=C\CCCCCC(=O)OCC(COP(=O)(O)OCC(O)COP(=O)(O)OCC(COC(=O)CCCCCCCC/C=C\C/C=C\C/C=C\CCCCC)OC(=O)CCCCCCCC/C=C\C/C=C\C/C=C\CCCCC)OC(=O)CCCCCCCCCCCCCCCCC. The molecular formula is C93H160O17P2. The largest absolute Gasteiger partial charge is 0.472 e.